The predicted molar refractivity (Wildman–Crippen MR) is 135 cm³/mol. The Morgan fingerprint density at radius 3 is 1.78 bits per heavy atom. The number of methoxy groups -OCH3 is 5. The molecule has 0 unspecified atom stereocenters. The van der Waals surface area contributed by atoms with E-state index in [0.717, 1.165) is 11.4 Å². The summed E-state index contributed by atoms with van der Waals surface area (Å²) in [5.41, 5.74) is 1.91. The normalized spacial score (nSPS) is 13.2. The van der Waals surface area contributed by atoms with E-state index < -0.39 is 0 Å². The quantitative estimate of drug-likeness (QED) is 0.468. The molecular formula is C26H30N4O6. The Kier molecular flexibility index (Phi) is 7.62. The van der Waals surface area contributed by atoms with Gasteiger partial charge >= 0.3 is 0 Å². The number of carbonyl (C=O) groups excluding carboxylic acids is 1. The van der Waals surface area contributed by atoms with Crippen LogP contribution in [-0.2, 0) is 0 Å². The van der Waals surface area contributed by atoms with Crippen molar-refractivity contribution in [3.8, 4) is 40.0 Å². The fourth-order valence-corrected chi connectivity index (χ4v) is 4.24. The average Bonchev–Trinajstić information content (AvgIpc) is 2.95. The van der Waals surface area contributed by atoms with Crippen LogP contribution in [0, 0.1) is 0 Å². The van der Waals surface area contributed by atoms with Crippen LogP contribution < -0.4 is 28.6 Å². The van der Waals surface area contributed by atoms with Crippen LogP contribution in [0.4, 0.5) is 5.82 Å². The van der Waals surface area contributed by atoms with E-state index in [2.05, 4.69) is 15.1 Å². The molecular weight excluding hydrogens is 464 g/mol. The Labute approximate surface area is 210 Å². The summed E-state index contributed by atoms with van der Waals surface area (Å²) in [6.45, 7) is 2.33. The predicted octanol–water partition coefficient (Wildman–Crippen LogP) is 3.15. The lowest BCUT2D eigenvalue weighted by Gasteiger charge is -2.35. The second-order valence-corrected chi connectivity index (χ2v) is 8.01. The van der Waals surface area contributed by atoms with Gasteiger partial charge in [0, 0.05) is 31.7 Å². The summed E-state index contributed by atoms with van der Waals surface area (Å²) in [6, 6.07) is 12.8. The zero-order chi connectivity index (χ0) is 25.7. The SMILES string of the molecule is COc1cc(-c2ccc(N3CCN(C(=O)c4c(OC)cccc4OC)CC3)nn2)cc(OC)c1OC. The molecule has 0 radical (unpaired) electrons. The molecule has 0 atom stereocenters. The topological polar surface area (TPSA) is 95.5 Å². The molecule has 0 bridgehead atoms. The number of nitrogens with zero attached hydrogens (tertiary/aromatic N) is 4. The highest BCUT2D eigenvalue weighted by Crippen LogP contribution is 2.40. The van der Waals surface area contributed by atoms with Gasteiger partial charge in [0.2, 0.25) is 5.75 Å². The van der Waals surface area contributed by atoms with Crippen molar-refractivity contribution in [1.82, 2.24) is 15.1 Å². The van der Waals surface area contributed by atoms with Gasteiger partial charge in [-0.15, -0.1) is 10.2 Å². The average molecular weight is 495 g/mol. The van der Waals surface area contributed by atoms with Crippen LogP contribution >= 0.6 is 0 Å². The van der Waals surface area contributed by atoms with E-state index in [9.17, 15) is 4.79 Å². The molecule has 36 heavy (non-hydrogen) atoms. The maximum Gasteiger partial charge on any atom is 0.261 e. The molecule has 2 aromatic carbocycles. The molecule has 1 aliphatic rings. The smallest absolute Gasteiger partial charge is 0.261 e. The largest absolute Gasteiger partial charge is 0.496 e. The maximum atomic E-state index is 13.2. The zero-order valence-electron chi connectivity index (χ0n) is 21.1. The van der Waals surface area contributed by atoms with Gasteiger partial charge in [-0.25, -0.2) is 0 Å². The first-order chi connectivity index (χ1) is 17.5. The third-order valence-electron chi connectivity index (χ3n) is 6.14. The minimum Gasteiger partial charge on any atom is -0.496 e. The lowest BCUT2D eigenvalue weighted by Crippen LogP contribution is -2.49. The summed E-state index contributed by atoms with van der Waals surface area (Å²) in [4.78, 5) is 17.2. The molecule has 1 saturated heterocycles. The van der Waals surface area contributed by atoms with Gasteiger partial charge in [-0.2, -0.15) is 0 Å². The fourth-order valence-electron chi connectivity index (χ4n) is 4.24. The summed E-state index contributed by atoms with van der Waals surface area (Å²) in [5.74, 6) is 3.23. The lowest BCUT2D eigenvalue weighted by atomic mass is 10.1. The number of aromatic nitrogens is 2. The summed E-state index contributed by atoms with van der Waals surface area (Å²) in [6.07, 6.45) is 0. The van der Waals surface area contributed by atoms with Gasteiger partial charge < -0.3 is 33.5 Å². The van der Waals surface area contributed by atoms with Crippen molar-refractivity contribution in [3.05, 3.63) is 48.0 Å². The molecule has 4 rings (SSSR count). The first-order valence-electron chi connectivity index (χ1n) is 11.4. The highest BCUT2D eigenvalue weighted by molar-refractivity contribution is 5.99. The minimum absolute atomic E-state index is 0.118. The lowest BCUT2D eigenvalue weighted by molar-refractivity contribution is 0.0739. The first-order valence-corrected chi connectivity index (χ1v) is 11.4. The summed E-state index contributed by atoms with van der Waals surface area (Å²) < 4.78 is 27.1. The van der Waals surface area contributed by atoms with Gasteiger partial charge in [0.05, 0.1) is 41.2 Å². The monoisotopic (exact) mass is 494 g/mol. The molecule has 1 aliphatic heterocycles. The van der Waals surface area contributed by atoms with Crippen molar-refractivity contribution >= 4 is 11.7 Å². The van der Waals surface area contributed by atoms with Gasteiger partial charge in [-0.1, -0.05) is 6.07 Å². The van der Waals surface area contributed by atoms with Crippen LogP contribution in [-0.4, -0.2) is 82.7 Å². The Balaban J connectivity index is 1.47. The second kappa shape index (κ2) is 11.0. The number of carbonyl (C=O) groups is 1. The third-order valence-corrected chi connectivity index (χ3v) is 6.14. The van der Waals surface area contributed by atoms with Crippen LogP contribution in [0.2, 0.25) is 0 Å². The fraction of sp³-hybridized carbons (Fsp3) is 0.346. The van der Waals surface area contributed by atoms with Crippen molar-refractivity contribution in [1.29, 1.82) is 0 Å². The Hall–Kier alpha value is -4.21. The number of piperazine rings is 1. The summed E-state index contributed by atoms with van der Waals surface area (Å²) in [7, 11) is 7.80. The van der Waals surface area contributed by atoms with Gasteiger partial charge in [-0.3, -0.25) is 4.79 Å². The van der Waals surface area contributed by atoms with Gasteiger partial charge in [0.1, 0.15) is 17.1 Å². The van der Waals surface area contributed by atoms with Crippen molar-refractivity contribution in [3.63, 3.8) is 0 Å². The van der Waals surface area contributed by atoms with Crippen LogP contribution in [0.5, 0.6) is 28.7 Å². The summed E-state index contributed by atoms with van der Waals surface area (Å²) >= 11 is 0. The molecule has 0 spiro atoms. The number of anilines is 1. The molecule has 10 heteroatoms. The van der Waals surface area contributed by atoms with Crippen molar-refractivity contribution < 1.29 is 28.5 Å². The van der Waals surface area contributed by atoms with E-state index in [1.807, 2.05) is 24.3 Å². The van der Waals surface area contributed by atoms with E-state index in [-0.39, 0.29) is 5.91 Å². The molecule has 0 N–H and O–H groups in total. The number of hydrogen-bond acceptors (Lipinski definition) is 9. The number of rotatable bonds is 8. The molecule has 0 saturated carbocycles. The van der Waals surface area contributed by atoms with E-state index in [1.165, 1.54) is 0 Å². The second-order valence-electron chi connectivity index (χ2n) is 8.01. The molecule has 1 aromatic heterocycles. The maximum absolute atomic E-state index is 13.2. The highest BCUT2D eigenvalue weighted by atomic mass is 16.5. The molecule has 10 nitrogen and oxygen atoms in total. The standard InChI is InChI=1S/C26H30N4O6/c1-32-19-7-6-8-20(33-2)24(19)26(31)30-13-11-29(12-14-30)23-10-9-18(27-28-23)17-15-21(34-3)25(36-5)22(16-17)35-4/h6-10,15-16H,11-14H2,1-5H3. The van der Waals surface area contributed by atoms with Gasteiger partial charge in [-0.05, 0) is 36.4 Å². The van der Waals surface area contributed by atoms with Gasteiger partial charge in [0.15, 0.2) is 17.3 Å². The molecule has 190 valence electrons. The Morgan fingerprint density at radius 1 is 0.722 bits per heavy atom. The third kappa shape index (κ3) is 4.79. The number of benzene rings is 2. The number of hydrogen-bond donors (Lipinski definition) is 0. The molecule has 1 fully saturated rings. The van der Waals surface area contributed by atoms with E-state index in [0.29, 0.717) is 66.2 Å². The van der Waals surface area contributed by atoms with Crippen LogP contribution in [0.3, 0.4) is 0 Å². The zero-order valence-corrected chi connectivity index (χ0v) is 21.1. The van der Waals surface area contributed by atoms with Crippen LogP contribution in [0.15, 0.2) is 42.5 Å². The minimum atomic E-state index is -0.118. The van der Waals surface area contributed by atoms with Crippen molar-refractivity contribution in [2.75, 3.05) is 66.6 Å². The molecule has 0 aliphatic carbocycles. The van der Waals surface area contributed by atoms with Gasteiger partial charge in [0.25, 0.3) is 5.91 Å². The number of ether oxygens (including phenoxy) is 5. The van der Waals surface area contributed by atoms with Crippen molar-refractivity contribution in [2.24, 2.45) is 0 Å². The molecule has 1 amide bonds. The molecule has 3 aromatic rings. The van der Waals surface area contributed by atoms with Crippen LogP contribution in [0.1, 0.15) is 10.4 Å². The number of amides is 1. The highest BCUT2D eigenvalue weighted by Gasteiger charge is 2.27. The van der Waals surface area contributed by atoms with E-state index in [4.69, 9.17) is 23.7 Å². The first kappa shape index (κ1) is 24.9. The van der Waals surface area contributed by atoms with E-state index in [1.54, 1.807) is 58.6 Å². The van der Waals surface area contributed by atoms with E-state index >= 15 is 0 Å². The van der Waals surface area contributed by atoms with Crippen molar-refractivity contribution in [2.45, 2.75) is 0 Å². The molecule has 2 heterocycles. The Morgan fingerprint density at radius 2 is 1.31 bits per heavy atom. The Bertz CT molecular complexity index is 1160. The summed E-state index contributed by atoms with van der Waals surface area (Å²) in [5, 5.41) is 8.86. The van der Waals surface area contributed by atoms with Crippen LogP contribution in [0.25, 0.3) is 11.3 Å².